The monoisotopic (exact) mass is 260 g/mol. The number of hydrogen-bond donors (Lipinski definition) is 2. The lowest BCUT2D eigenvalue weighted by Crippen LogP contribution is -2.24. The number of aromatic nitrogens is 2. The lowest BCUT2D eigenvalue weighted by Gasteiger charge is -2.03. The number of amides is 1. The first-order valence-corrected chi connectivity index (χ1v) is 5.62. The molecule has 0 bridgehead atoms. The Bertz CT molecular complexity index is 580. The molecule has 0 spiro atoms. The number of imidazole rings is 1. The van der Waals surface area contributed by atoms with Crippen LogP contribution in [0.25, 0.3) is 0 Å². The summed E-state index contributed by atoms with van der Waals surface area (Å²) < 4.78 is 0. The van der Waals surface area contributed by atoms with Crippen molar-refractivity contribution in [2.45, 2.75) is 13.0 Å². The van der Waals surface area contributed by atoms with Crippen LogP contribution in [0.1, 0.15) is 11.3 Å². The van der Waals surface area contributed by atoms with Crippen LogP contribution in [-0.2, 0) is 17.8 Å². The molecule has 2 rings (SSSR count). The van der Waals surface area contributed by atoms with Crippen molar-refractivity contribution in [3.05, 3.63) is 58.2 Å². The summed E-state index contributed by atoms with van der Waals surface area (Å²) in [6.45, 7) is 0.355. The maximum Gasteiger partial charge on any atom is 0.269 e. The van der Waals surface area contributed by atoms with Crippen LogP contribution in [0.15, 0.2) is 36.8 Å². The van der Waals surface area contributed by atoms with E-state index < -0.39 is 4.92 Å². The second-order valence-corrected chi connectivity index (χ2v) is 3.96. The van der Waals surface area contributed by atoms with Crippen molar-refractivity contribution in [3.63, 3.8) is 0 Å². The summed E-state index contributed by atoms with van der Waals surface area (Å²) in [5.74, 6) is -0.199. The van der Waals surface area contributed by atoms with E-state index in [1.807, 2.05) is 0 Å². The third-order valence-corrected chi connectivity index (χ3v) is 2.52. The molecule has 7 heteroatoms. The molecule has 0 saturated carbocycles. The van der Waals surface area contributed by atoms with Gasteiger partial charge in [0.1, 0.15) is 0 Å². The number of nitro groups is 1. The van der Waals surface area contributed by atoms with Crippen molar-refractivity contribution >= 4 is 11.6 Å². The first-order chi connectivity index (χ1) is 9.15. The maximum atomic E-state index is 11.7. The van der Waals surface area contributed by atoms with Crippen LogP contribution in [-0.4, -0.2) is 20.8 Å². The minimum absolute atomic E-state index is 0.0149. The summed E-state index contributed by atoms with van der Waals surface area (Å²) >= 11 is 0. The Balaban J connectivity index is 1.91. The molecule has 1 heterocycles. The molecule has 7 nitrogen and oxygen atoms in total. The van der Waals surface area contributed by atoms with Gasteiger partial charge in [0, 0.05) is 18.3 Å². The van der Waals surface area contributed by atoms with Crippen LogP contribution in [0.3, 0.4) is 0 Å². The average molecular weight is 260 g/mol. The molecule has 0 aliphatic rings. The van der Waals surface area contributed by atoms with E-state index in [0.29, 0.717) is 12.1 Å². The van der Waals surface area contributed by atoms with E-state index in [4.69, 9.17) is 0 Å². The summed E-state index contributed by atoms with van der Waals surface area (Å²) in [6.07, 6.45) is 3.26. The summed E-state index contributed by atoms with van der Waals surface area (Å²) in [5, 5.41) is 13.3. The number of hydrogen-bond acceptors (Lipinski definition) is 4. The zero-order chi connectivity index (χ0) is 13.7. The predicted octanol–water partition coefficient (Wildman–Crippen LogP) is 1.18. The minimum atomic E-state index is -0.480. The number of non-ortho nitro benzene ring substituents is 1. The first-order valence-electron chi connectivity index (χ1n) is 5.62. The Morgan fingerprint density at radius 1 is 1.47 bits per heavy atom. The summed E-state index contributed by atoms with van der Waals surface area (Å²) in [5.41, 5.74) is 1.39. The summed E-state index contributed by atoms with van der Waals surface area (Å²) in [4.78, 5) is 28.5. The number of H-pyrrole nitrogens is 1. The highest BCUT2D eigenvalue weighted by molar-refractivity contribution is 5.78. The lowest BCUT2D eigenvalue weighted by atomic mass is 10.1. The van der Waals surface area contributed by atoms with Gasteiger partial charge < -0.3 is 10.3 Å². The van der Waals surface area contributed by atoms with Crippen molar-refractivity contribution < 1.29 is 9.72 Å². The smallest absolute Gasteiger partial charge is 0.269 e. The highest BCUT2D eigenvalue weighted by Crippen LogP contribution is 2.13. The van der Waals surface area contributed by atoms with E-state index in [2.05, 4.69) is 15.3 Å². The fourth-order valence-electron chi connectivity index (χ4n) is 1.60. The largest absolute Gasteiger partial charge is 0.350 e. The first kappa shape index (κ1) is 12.7. The lowest BCUT2D eigenvalue weighted by molar-refractivity contribution is -0.384. The maximum absolute atomic E-state index is 11.7. The Hall–Kier alpha value is -2.70. The van der Waals surface area contributed by atoms with Gasteiger partial charge in [0.05, 0.1) is 29.9 Å². The standard InChI is InChI=1S/C12H12N4O3/c17-12(14-7-10-6-13-8-15-10)5-9-2-1-3-11(4-9)16(18)19/h1-4,6,8H,5,7H2,(H,13,15)(H,14,17). The van der Waals surface area contributed by atoms with Crippen molar-refractivity contribution in [2.75, 3.05) is 0 Å². The second kappa shape index (κ2) is 5.76. The molecule has 1 amide bonds. The van der Waals surface area contributed by atoms with Crippen LogP contribution in [0, 0.1) is 10.1 Å². The fraction of sp³-hybridized carbons (Fsp3) is 0.167. The molecule has 98 valence electrons. The highest BCUT2D eigenvalue weighted by atomic mass is 16.6. The molecule has 0 unspecified atom stereocenters. The van der Waals surface area contributed by atoms with Gasteiger partial charge in [0.15, 0.2) is 0 Å². The minimum Gasteiger partial charge on any atom is -0.350 e. The topological polar surface area (TPSA) is 101 Å². The van der Waals surface area contributed by atoms with E-state index in [1.165, 1.54) is 18.5 Å². The van der Waals surface area contributed by atoms with Crippen LogP contribution >= 0.6 is 0 Å². The zero-order valence-electron chi connectivity index (χ0n) is 10.00. The molecule has 2 N–H and O–H groups in total. The van der Waals surface area contributed by atoms with Crippen molar-refractivity contribution in [1.82, 2.24) is 15.3 Å². The van der Waals surface area contributed by atoms with Gasteiger partial charge >= 0.3 is 0 Å². The Kier molecular flexibility index (Phi) is 3.87. The highest BCUT2D eigenvalue weighted by Gasteiger charge is 2.08. The third kappa shape index (κ3) is 3.63. The molecule has 0 atom stereocenters. The molecule has 0 aliphatic heterocycles. The molecule has 0 aliphatic carbocycles. The Morgan fingerprint density at radius 3 is 3.00 bits per heavy atom. The number of nitro benzene ring substituents is 1. The van der Waals surface area contributed by atoms with E-state index in [0.717, 1.165) is 5.69 Å². The van der Waals surface area contributed by atoms with Crippen molar-refractivity contribution in [2.24, 2.45) is 0 Å². The fourth-order valence-corrected chi connectivity index (χ4v) is 1.60. The molecule has 1 aromatic heterocycles. The molecule has 0 radical (unpaired) electrons. The van der Waals surface area contributed by atoms with Gasteiger partial charge in [0.25, 0.3) is 5.69 Å². The van der Waals surface area contributed by atoms with Gasteiger partial charge in [-0.25, -0.2) is 4.98 Å². The number of carbonyl (C=O) groups is 1. The second-order valence-electron chi connectivity index (χ2n) is 3.96. The van der Waals surface area contributed by atoms with Crippen LogP contribution in [0.4, 0.5) is 5.69 Å². The van der Waals surface area contributed by atoms with E-state index >= 15 is 0 Å². The number of nitrogens with zero attached hydrogens (tertiary/aromatic N) is 2. The molecule has 19 heavy (non-hydrogen) atoms. The Labute approximate surface area is 108 Å². The van der Waals surface area contributed by atoms with Gasteiger partial charge in [0.2, 0.25) is 5.91 Å². The number of aromatic amines is 1. The van der Waals surface area contributed by atoms with Gasteiger partial charge in [-0.2, -0.15) is 0 Å². The number of rotatable bonds is 5. The summed E-state index contributed by atoms with van der Waals surface area (Å²) in [6, 6.07) is 6.04. The van der Waals surface area contributed by atoms with Crippen LogP contribution in [0.5, 0.6) is 0 Å². The predicted molar refractivity (Wildman–Crippen MR) is 67.2 cm³/mol. The average Bonchev–Trinajstić information content (AvgIpc) is 2.90. The number of carbonyl (C=O) groups excluding carboxylic acids is 1. The quantitative estimate of drug-likeness (QED) is 0.622. The molecular weight excluding hydrogens is 248 g/mol. The van der Waals surface area contributed by atoms with Crippen LogP contribution in [0.2, 0.25) is 0 Å². The molecular formula is C12H12N4O3. The number of benzene rings is 1. The van der Waals surface area contributed by atoms with Gasteiger partial charge in [-0.15, -0.1) is 0 Å². The van der Waals surface area contributed by atoms with Gasteiger partial charge in [-0.05, 0) is 5.56 Å². The van der Waals surface area contributed by atoms with Crippen molar-refractivity contribution in [1.29, 1.82) is 0 Å². The normalized spacial score (nSPS) is 10.1. The Morgan fingerprint density at radius 2 is 2.32 bits per heavy atom. The number of nitrogens with one attached hydrogen (secondary N) is 2. The molecule has 1 aromatic carbocycles. The molecule has 0 fully saturated rings. The van der Waals surface area contributed by atoms with E-state index in [1.54, 1.807) is 18.3 Å². The van der Waals surface area contributed by atoms with E-state index in [9.17, 15) is 14.9 Å². The molecule has 2 aromatic rings. The zero-order valence-corrected chi connectivity index (χ0v) is 10.00. The van der Waals surface area contributed by atoms with Gasteiger partial charge in [-0.3, -0.25) is 14.9 Å². The van der Waals surface area contributed by atoms with E-state index in [-0.39, 0.29) is 18.0 Å². The third-order valence-electron chi connectivity index (χ3n) is 2.52. The molecule has 0 saturated heterocycles. The summed E-state index contributed by atoms with van der Waals surface area (Å²) in [7, 11) is 0. The SMILES string of the molecule is O=C(Cc1cccc([N+](=O)[O-])c1)NCc1cnc[nH]1. The van der Waals surface area contributed by atoms with Crippen LogP contribution < -0.4 is 5.32 Å². The van der Waals surface area contributed by atoms with Gasteiger partial charge in [-0.1, -0.05) is 12.1 Å². The van der Waals surface area contributed by atoms with Crippen molar-refractivity contribution in [3.8, 4) is 0 Å².